The molecule has 1 aliphatic rings. The van der Waals surface area contributed by atoms with E-state index in [2.05, 4.69) is 20.3 Å². The maximum Gasteiger partial charge on any atom is 0.410 e. The average Bonchev–Trinajstić information content (AvgIpc) is 2.56. The molecule has 142 valence electrons. The third-order valence-electron chi connectivity index (χ3n) is 3.55. The van der Waals surface area contributed by atoms with Crippen molar-refractivity contribution in [1.82, 2.24) is 9.88 Å². The topological polar surface area (TPSA) is 79.2 Å². The first kappa shape index (κ1) is 19.8. The normalized spacial score (nSPS) is 16.4. The van der Waals surface area contributed by atoms with Gasteiger partial charge in [-0.3, -0.25) is 4.99 Å². The number of halogens is 1. The Bertz CT molecular complexity index is 710. The highest BCUT2D eigenvalue weighted by Crippen LogP contribution is 2.21. The summed E-state index contributed by atoms with van der Waals surface area (Å²) >= 11 is 0. The number of hydrogen-bond acceptors (Lipinski definition) is 4. The second-order valence-corrected chi connectivity index (χ2v) is 7.08. The van der Waals surface area contributed by atoms with Gasteiger partial charge in [0.25, 0.3) is 0 Å². The highest BCUT2D eigenvalue weighted by molar-refractivity contribution is 5.98. The molecule has 1 amide bonds. The van der Waals surface area contributed by atoms with Crippen LogP contribution in [0.1, 0.15) is 39.0 Å². The predicted molar refractivity (Wildman–Crippen MR) is 101 cm³/mol. The zero-order chi connectivity index (χ0) is 19.3. The smallest absolute Gasteiger partial charge is 0.410 e. The summed E-state index contributed by atoms with van der Waals surface area (Å²) < 4.78 is 18.3. The molecule has 0 saturated heterocycles. The number of carbonyl (C=O) groups is 1. The molecule has 1 aromatic rings. The van der Waals surface area contributed by atoms with Gasteiger partial charge in [-0.05, 0) is 39.3 Å². The van der Waals surface area contributed by atoms with Gasteiger partial charge in [0, 0.05) is 31.9 Å². The maximum atomic E-state index is 12.9. The molecule has 1 atom stereocenters. The molecular weight excluding hydrogens is 337 g/mol. The number of aromatic nitrogens is 1. The Balaban J connectivity index is 2.05. The SMILES string of the molecule is C/N=C(\N=C/C(C)F)Nc1ccc2c(n1)CCN(C(=O)OC(C)(C)C)C2. The van der Waals surface area contributed by atoms with Crippen molar-refractivity contribution < 1.29 is 13.9 Å². The molecule has 7 nitrogen and oxygen atoms in total. The Hall–Kier alpha value is -2.51. The van der Waals surface area contributed by atoms with Crippen molar-refractivity contribution >= 4 is 24.1 Å². The predicted octanol–water partition coefficient (Wildman–Crippen LogP) is 3.20. The maximum absolute atomic E-state index is 12.9. The zero-order valence-electron chi connectivity index (χ0n) is 15.9. The second kappa shape index (κ2) is 8.25. The quantitative estimate of drug-likeness (QED) is 0.646. The van der Waals surface area contributed by atoms with Gasteiger partial charge >= 0.3 is 6.09 Å². The summed E-state index contributed by atoms with van der Waals surface area (Å²) in [4.78, 5) is 26.4. The minimum absolute atomic E-state index is 0.285. The van der Waals surface area contributed by atoms with Crippen LogP contribution in [0.25, 0.3) is 0 Å². The molecule has 8 heteroatoms. The summed E-state index contributed by atoms with van der Waals surface area (Å²) in [6.07, 6.45) is 0.337. The molecule has 26 heavy (non-hydrogen) atoms. The van der Waals surface area contributed by atoms with Gasteiger partial charge < -0.3 is 15.0 Å². The van der Waals surface area contributed by atoms with E-state index < -0.39 is 11.8 Å². The molecule has 1 N–H and O–H groups in total. The number of amides is 1. The van der Waals surface area contributed by atoms with E-state index in [1.165, 1.54) is 13.1 Å². The fourth-order valence-corrected chi connectivity index (χ4v) is 2.40. The summed E-state index contributed by atoms with van der Waals surface area (Å²) in [6, 6.07) is 3.70. The minimum atomic E-state index is -1.15. The molecule has 1 unspecified atom stereocenters. The van der Waals surface area contributed by atoms with Gasteiger partial charge in [0.15, 0.2) is 0 Å². The Morgan fingerprint density at radius 3 is 2.81 bits per heavy atom. The summed E-state index contributed by atoms with van der Waals surface area (Å²) in [5, 5.41) is 2.97. The van der Waals surface area contributed by atoms with Crippen LogP contribution in [0.15, 0.2) is 22.1 Å². The van der Waals surface area contributed by atoms with Crippen molar-refractivity contribution in [2.24, 2.45) is 9.98 Å². The number of fused-ring (bicyclic) bond motifs is 1. The molecule has 0 spiro atoms. The van der Waals surface area contributed by atoms with Crippen molar-refractivity contribution in [2.45, 2.75) is 52.4 Å². The van der Waals surface area contributed by atoms with Crippen LogP contribution in [0, 0.1) is 0 Å². The third-order valence-corrected chi connectivity index (χ3v) is 3.55. The fraction of sp³-hybridized carbons (Fsp3) is 0.556. The van der Waals surface area contributed by atoms with Gasteiger partial charge in [-0.15, -0.1) is 0 Å². The first-order chi connectivity index (χ1) is 12.2. The lowest BCUT2D eigenvalue weighted by atomic mass is 10.1. The summed E-state index contributed by atoms with van der Waals surface area (Å²) in [5.74, 6) is 0.867. The van der Waals surface area contributed by atoms with E-state index in [-0.39, 0.29) is 12.1 Å². The third kappa shape index (κ3) is 5.79. The lowest BCUT2D eigenvalue weighted by Gasteiger charge is -2.30. The molecule has 2 heterocycles. The minimum Gasteiger partial charge on any atom is -0.444 e. The largest absolute Gasteiger partial charge is 0.444 e. The highest BCUT2D eigenvalue weighted by atomic mass is 19.1. The van der Waals surface area contributed by atoms with Crippen LogP contribution in [0.4, 0.5) is 15.0 Å². The van der Waals surface area contributed by atoms with Crippen LogP contribution in [0.3, 0.4) is 0 Å². The number of carbonyl (C=O) groups excluding carboxylic acids is 1. The lowest BCUT2D eigenvalue weighted by molar-refractivity contribution is 0.0223. The fourth-order valence-electron chi connectivity index (χ4n) is 2.40. The number of ether oxygens (including phenoxy) is 1. The highest BCUT2D eigenvalue weighted by Gasteiger charge is 2.26. The zero-order valence-corrected chi connectivity index (χ0v) is 15.9. The molecule has 0 saturated carbocycles. The Morgan fingerprint density at radius 1 is 1.46 bits per heavy atom. The summed E-state index contributed by atoms with van der Waals surface area (Å²) in [5.41, 5.74) is 1.37. The first-order valence-corrected chi connectivity index (χ1v) is 8.56. The van der Waals surface area contributed by atoms with Gasteiger partial charge in [-0.25, -0.2) is 19.2 Å². The number of alkyl halides is 1. The van der Waals surface area contributed by atoms with E-state index in [4.69, 9.17) is 4.74 Å². The van der Waals surface area contributed by atoms with Crippen LogP contribution in [0.2, 0.25) is 0 Å². The standard InChI is InChI=1S/C18H26FN5O2/c1-12(19)10-21-16(20-5)23-15-7-6-13-11-24(9-8-14(13)22-15)17(25)26-18(2,3)4/h6-7,10,12H,8-9,11H2,1-5H3,(H,20,22,23)/b21-10-. The summed E-state index contributed by atoms with van der Waals surface area (Å²) in [6.45, 7) is 7.95. The van der Waals surface area contributed by atoms with E-state index in [0.717, 1.165) is 11.3 Å². The second-order valence-electron chi connectivity index (χ2n) is 7.08. The number of nitrogens with one attached hydrogen (secondary N) is 1. The molecular formula is C18H26FN5O2. The molecule has 2 rings (SSSR count). The number of rotatable bonds is 2. The number of pyridine rings is 1. The van der Waals surface area contributed by atoms with Crippen LogP contribution < -0.4 is 5.32 Å². The van der Waals surface area contributed by atoms with Crippen molar-refractivity contribution in [3.63, 3.8) is 0 Å². The molecule has 0 aliphatic carbocycles. The van der Waals surface area contributed by atoms with Crippen molar-refractivity contribution in [3.8, 4) is 0 Å². The van der Waals surface area contributed by atoms with Gasteiger partial charge in [0.1, 0.15) is 17.6 Å². The lowest BCUT2D eigenvalue weighted by Crippen LogP contribution is -2.40. The van der Waals surface area contributed by atoms with Crippen LogP contribution in [0.5, 0.6) is 0 Å². The van der Waals surface area contributed by atoms with Crippen molar-refractivity contribution in [1.29, 1.82) is 0 Å². The van der Waals surface area contributed by atoms with Crippen LogP contribution in [-0.4, -0.2) is 53.5 Å². The van der Waals surface area contributed by atoms with E-state index in [1.807, 2.05) is 26.8 Å². The first-order valence-electron chi connectivity index (χ1n) is 8.56. The number of nitrogens with zero attached hydrogens (tertiary/aromatic N) is 4. The molecule has 0 aromatic carbocycles. The Morgan fingerprint density at radius 2 is 2.19 bits per heavy atom. The Labute approximate surface area is 153 Å². The van der Waals surface area contributed by atoms with Crippen molar-refractivity contribution in [2.75, 3.05) is 18.9 Å². The molecule has 1 aliphatic heterocycles. The number of aliphatic imine (C=N–C) groups is 2. The van der Waals surface area contributed by atoms with Crippen LogP contribution >= 0.6 is 0 Å². The van der Waals surface area contributed by atoms with E-state index in [1.54, 1.807) is 18.0 Å². The molecule has 1 aromatic heterocycles. The van der Waals surface area contributed by atoms with Crippen LogP contribution in [-0.2, 0) is 17.7 Å². The monoisotopic (exact) mass is 363 g/mol. The van der Waals surface area contributed by atoms with Gasteiger partial charge in [0.2, 0.25) is 5.96 Å². The van der Waals surface area contributed by atoms with E-state index >= 15 is 0 Å². The molecule has 0 radical (unpaired) electrons. The van der Waals surface area contributed by atoms with Gasteiger partial charge in [-0.2, -0.15) is 0 Å². The number of guanidine groups is 1. The Kier molecular flexibility index (Phi) is 6.28. The molecule has 0 bridgehead atoms. The van der Waals surface area contributed by atoms with Crippen molar-refractivity contribution in [3.05, 3.63) is 23.4 Å². The van der Waals surface area contributed by atoms with E-state index in [9.17, 15) is 9.18 Å². The average molecular weight is 363 g/mol. The van der Waals surface area contributed by atoms with E-state index in [0.29, 0.717) is 25.3 Å². The number of anilines is 1. The molecule has 0 fully saturated rings. The number of hydrogen-bond donors (Lipinski definition) is 1. The van der Waals surface area contributed by atoms with Gasteiger partial charge in [-0.1, -0.05) is 6.07 Å². The van der Waals surface area contributed by atoms with Gasteiger partial charge in [0.05, 0.1) is 6.54 Å². The summed E-state index contributed by atoms with van der Waals surface area (Å²) in [7, 11) is 1.57.